The normalized spacial score (nSPS) is 10.7. The highest BCUT2D eigenvalue weighted by Crippen LogP contribution is 2.25. The van der Waals surface area contributed by atoms with Crippen molar-refractivity contribution in [2.24, 2.45) is 0 Å². The molecule has 3 nitrogen and oxygen atoms in total. The topological polar surface area (TPSA) is 50.2 Å². The molecule has 1 aromatic rings. The fourth-order valence-electron chi connectivity index (χ4n) is 0.979. The van der Waals surface area contributed by atoms with Gasteiger partial charge in [-0.15, -0.1) is 0 Å². The zero-order valence-electron chi connectivity index (χ0n) is 7.18. The lowest BCUT2D eigenvalue weighted by Crippen LogP contribution is -2.08. The number of aromatic nitrogens is 1. The molecule has 15 heavy (non-hydrogen) atoms. The van der Waals surface area contributed by atoms with Gasteiger partial charge in [-0.1, -0.05) is 0 Å². The van der Waals surface area contributed by atoms with Gasteiger partial charge in [-0.2, -0.15) is 0 Å². The van der Waals surface area contributed by atoms with Crippen LogP contribution in [0.1, 0.15) is 17.6 Å². The maximum absolute atomic E-state index is 13.4. The van der Waals surface area contributed by atoms with Crippen molar-refractivity contribution in [3.63, 3.8) is 0 Å². The van der Waals surface area contributed by atoms with Crippen LogP contribution in [0.15, 0.2) is 6.20 Å². The molecule has 1 N–H and O–H groups in total. The molecule has 1 heterocycles. The van der Waals surface area contributed by atoms with E-state index in [0.29, 0.717) is 6.20 Å². The number of hydrogen-bond acceptors (Lipinski definition) is 2. The number of halogens is 4. The van der Waals surface area contributed by atoms with Crippen LogP contribution in [0.25, 0.3) is 0 Å². The van der Waals surface area contributed by atoms with Crippen LogP contribution in [0.3, 0.4) is 0 Å². The van der Waals surface area contributed by atoms with Crippen molar-refractivity contribution in [2.75, 3.05) is 0 Å². The average Bonchev–Trinajstić information content (AvgIpc) is 2.11. The average molecular weight is 331 g/mol. The lowest BCUT2D eigenvalue weighted by molar-refractivity contribution is -0.136. The first-order valence-electron chi connectivity index (χ1n) is 3.76. The minimum absolute atomic E-state index is 0.0805. The molecular weight excluding hydrogens is 326 g/mol. The van der Waals surface area contributed by atoms with Crippen LogP contribution in [-0.4, -0.2) is 16.1 Å². The second-order valence-corrected chi connectivity index (χ2v) is 3.69. The quantitative estimate of drug-likeness (QED) is 0.684. The standard InChI is InChI=1S/C8H5F3INO2/c9-6-3(1-5(14)15)8(12)13-2-4(6)7(10)11/h2,7H,1H2,(H,14,15). The van der Waals surface area contributed by atoms with E-state index in [1.54, 1.807) is 22.6 Å². The summed E-state index contributed by atoms with van der Waals surface area (Å²) in [6.07, 6.45) is -2.94. The molecule has 0 amide bonds. The summed E-state index contributed by atoms with van der Waals surface area (Å²) in [5.74, 6) is -2.48. The molecule has 0 fully saturated rings. The molecule has 0 saturated heterocycles. The summed E-state index contributed by atoms with van der Waals surface area (Å²) in [5.41, 5.74) is -1.17. The van der Waals surface area contributed by atoms with Gasteiger partial charge in [0.25, 0.3) is 6.43 Å². The number of rotatable bonds is 3. The van der Waals surface area contributed by atoms with E-state index in [1.165, 1.54) is 0 Å². The van der Waals surface area contributed by atoms with Crippen LogP contribution in [0.4, 0.5) is 13.2 Å². The van der Waals surface area contributed by atoms with Crippen LogP contribution in [0.5, 0.6) is 0 Å². The Hall–Kier alpha value is -0.860. The molecule has 0 saturated carbocycles. The first-order valence-corrected chi connectivity index (χ1v) is 4.84. The molecule has 7 heteroatoms. The minimum Gasteiger partial charge on any atom is -0.481 e. The van der Waals surface area contributed by atoms with Gasteiger partial charge in [0.05, 0.1) is 12.0 Å². The molecule has 0 atom stereocenters. The van der Waals surface area contributed by atoms with Gasteiger partial charge in [0.15, 0.2) is 0 Å². The fourth-order valence-corrected chi connectivity index (χ4v) is 1.55. The maximum atomic E-state index is 13.4. The van der Waals surface area contributed by atoms with E-state index in [-0.39, 0.29) is 9.26 Å². The molecule has 0 bridgehead atoms. The van der Waals surface area contributed by atoms with Crippen LogP contribution in [0.2, 0.25) is 0 Å². The Morgan fingerprint density at radius 1 is 1.60 bits per heavy atom. The van der Waals surface area contributed by atoms with Gasteiger partial charge in [-0.05, 0) is 22.6 Å². The summed E-state index contributed by atoms with van der Waals surface area (Å²) in [7, 11) is 0. The molecule has 0 unspecified atom stereocenters. The zero-order valence-corrected chi connectivity index (χ0v) is 9.33. The van der Waals surface area contributed by atoms with Crippen LogP contribution < -0.4 is 0 Å². The second-order valence-electron chi connectivity index (χ2n) is 2.67. The summed E-state index contributed by atoms with van der Waals surface area (Å²) >= 11 is 1.60. The van der Waals surface area contributed by atoms with Crippen molar-refractivity contribution in [1.29, 1.82) is 0 Å². The molecule has 82 valence electrons. The van der Waals surface area contributed by atoms with E-state index in [1.807, 2.05) is 0 Å². The van der Waals surface area contributed by atoms with Crippen LogP contribution >= 0.6 is 22.6 Å². The Bertz CT molecular complexity index is 398. The van der Waals surface area contributed by atoms with Gasteiger partial charge in [-0.3, -0.25) is 4.79 Å². The Morgan fingerprint density at radius 3 is 2.67 bits per heavy atom. The SMILES string of the molecule is O=C(O)Cc1c(I)ncc(C(F)F)c1F. The number of aliphatic carboxylic acids is 1. The number of carboxylic acids is 1. The van der Waals surface area contributed by atoms with Crippen LogP contribution in [-0.2, 0) is 11.2 Å². The van der Waals surface area contributed by atoms with Crippen molar-refractivity contribution in [1.82, 2.24) is 4.98 Å². The number of carbonyl (C=O) groups is 1. The molecule has 0 radical (unpaired) electrons. The molecule has 0 aromatic carbocycles. The van der Waals surface area contributed by atoms with Gasteiger partial charge in [0.1, 0.15) is 9.52 Å². The van der Waals surface area contributed by atoms with E-state index >= 15 is 0 Å². The Morgan fingerprint density at radius 2 is 2.20 bits per heavy atom. The highest BCUT2D eigenvalue weighted by Gasteiger charge is 2.21. The van der Waals surface area contributed by atoms with Crippen LogP contribution in [0, 0.1) is 9.52 Å². The lowest BCUT2D eigenvalue weighted by Gasteiger charge is -2.07. The van der Waals surface area contributed by atoms with Crippen molar-refractivity contribution < 1.29 is 23.1 Å². The van der Waals surface area contributed by atoms with Gasteiger partial charge in [0.2, 0.25) is 0 Å². The third-order valence-electron chi connectivity index (χ3n) is 1.65. The Kier molecular flexibility index (Phi) is 3.89. The zero-order chi connectivity index (χ0) is 11.6. The fraction of sp³-hybridized carbons (Fsp3) is 0.250. The summed E-state index contributed by atoms with van der Waals surface area (Å²) in [4.78, 5) is 13.9. The number of alkyl halides is 2. The molecular formula is C8H5F3INO2. The molecule has 1 aromatic heterocycles. The predicted octanol–water partition coefficient (Wildman–Crippen LogP) is 2.39. The molecule has 0 spiro atoms. The second kappa shape index (κ2) is 4.77. The monoisotopic (exact) mass is 331 g/mol. The highest BCUT2D eigenvalue weighted by atomic mass is 127. The Labute approximate surface area is 96.5 Å². The summed E-state index contributed by atoms with van der Waals surface area (Å²) in [6, 6.07) is 0. The Balaban J connectivity index is 3.23. The van der Waals surface area contributed by atoms with Gasteiger partial charge in [0, 0.05) is 11.8 Å². The number of hydrogen-bond donors (Lipinski definition) is 1. The molecule has 0 aliphatic carbocycles. The van der Waals surface area contributed by atoms with E-state index in [2.05, 4.69) is 4.98 Å². The highest BCUT2D eigenvalue weighted by molar-refractivity contribution is 14.1. The molecule has 0 aliphatic heterocycles. The van der Waals surface area contributed by atoms with E-state index in [9.17, 15) is 18.0 Å². The third kappa shape index (κ3) is 2.80. The number of pyridine rings is 1. The van der Waals surface area contributed by atoms with Crippen molar-refractivity contribution in [2.45, 2.75) is 12.8 Å². The van der Waals surface area contributed by atoms with E-state index < -0.39 is 30.2 Å². The largest absolute Gasteiger partial charge is 0.481 e. The maximum Gasteiger partial charge on any atom is 0.308 e. The summed E-state index contributed by atoms with van der Waals surface area (Å²) < 4.78 is 37.9. The predicted molar refractivity (Wildman–Crippen MR) is 53.2 cm³/mol. The minimum atomic E-state index is -3.00. The van der Waals surface area contributed by atoms with Gasteiger partial charge < -0.3 is 5.11 Å². The first kappa shape index (κ1) is 12.2. The van der Waals surface area contributed by atoms with Gasteiger partial charge >= 0.3 is 5.97 Å². The summed E-state index contributed by atoms with van der Waals surface area (Å²) in [5, 5.41) is 8.46. The number of carboxylic acid groups (broad SMARTS) is 1. The summed E-state index contributed by atoms with van der Waals surface area (Å²) in [6.45, 7) is 0. The van der Waals surface area contributed by atoms with Crippen molar-refractivity contribution in [3.8, 4) is 0 Å². The van der Waals surface area contributed by atoms with E-state index in [4.69, 9.17) is 5.11 Å². The van der Waals surface area contributed by atoms with Crippen molar-refractivity contribution in [3.05, 3.63) is 26.8 Å². The van der Waals surface area contributed by atoms with Gasteiger partial charge in [-0.25, -0.2) is 18.2 Å². The first-order chi connectivity index (χ1) is 6.93. The third-order valence-corrected chi connectivity index (χ3v) is 2.58. The molecule has 1 rings (SSSR count). The van der Waals surface area contributed by atoms with E-state index in [0.717, 1.165) is 0 Å². The van der Waals surface area contributed by atoms with Crippen molar-refractivity contribution >= 4 is 28.6 Å². The smallest absolute Gasteiger partial charge is 0.308 e. The number of nitrogens with zero attached hydrogens (tertiary/aromatic N) is 1. The lowest BCUT2D eigenvalue weighted by atomic mass is 10.1. The molecule has 0 aliphatic rings.